The molecule has 0 unspecified atom stereocenters. The van der Waals surface area contributed by atoms with E-state index in [1.54, 1.807) is 0 Å². The van der Waals surface area contributed by atoms with Gasteiger partial charge in [0, 0.05) is 11.8 Å². The summed E-state index contributed by atoms with van der Waals surface area (Å²) < 4.78 is 0. The normalized spacial score (nSPS) is 23.6. The van der Waals surface area contributed by atoms with Crippen molar-refractivity contribution < 1.29 is 4.79 Å². The maximum Gasteiger partial charge on any atom is 0.139 e. The fourth-order valence-electron chi connectivity index (χ4n) is 2.29. The quantitative estimate of drug-likeness (QED) is 0.735. The Kier molecular flexibility index (Phi) is 2.64. The van der Waals surface area contributed by atoms with Gasteiger partial charge in [-0.05, 0) is 24.3 Å². The highest BCUT2D eigenvalue weighted by Gasteiger charge is 2.46. The number of Topliss-reactive ketones (excluding diaryl/α,β-unsaturated/α-hetero) is 1. The van der Waals surface area contributed by atoms with Crippen molar-refractivity contribution in [3.05, 3.63) is 35.9 Å². The fourth-order valence-corrected chi connectivity index (χ4v) is 2.29. The molecule has 15 heavy (non-hydrogen) atoms. The monoisotopic (exact) mass is 202 g/mol. The molecule has 0 radical (unpaired) electrons. The van der Waals surface area contributed by atoms with Crippen LogP contribution in [0.1, 0.15) is 32.3 Å². The van der Waals surface area contributed by atoms with Gasteiger partial charge in [-0.15, -0.1) is 0 Å². The van der Waals surface area contributed by atoms with E-state index in [1.165, 1.54) is 5.56 Å². The number of carbonyl (C=O) groups excluding carboxylic acids is 1. The van der Waals surface area contributed by atoms with Crippen LogP contribution in [0.25, 0.3) is 0 Å². The summed E-state index contributed by atoms with van der Waals surface area (Å²) in [6.07, 6.45) is 3.03. The van der Waals surface area contributed by atoms with Crippen LogP contribution in [0, 0.1) is 11.3 Å². The molecule has 1 aromatic carbocycles. The topological polar surface area (TPSA) is 17.1 Å². The molecule has 0 N–H and O–H groups in total. The van der Waals surface area contributed by atoms with Gasteiger partial charge in [0.05, 0.1) is 0 Å². The first-order chi connectivity index (χ1) is 7.10. The zero-order chi connectivity index (χ0) is 10.9. The Bertz CT molecular complexity index is 351. The van der Waals surface area contributed by atoms with Gasteiger partial charge < -0.3 is 0 Å². The van der Waals surface area contributed by atoms with Gasteiger partial charge in [0.25, 0.3) is 0 Å². The van der Waals surface area contributed by atoms with Crippen LogP contribution >= 0.6 is 0 Å². The standard InChI is InChI=1S/C14H18O/c1-14(2)12(10-13(14)15)9-8-11-6-4-3-5-7-11/h3-7,12H,8-10H2,1-2H3/t12-/m0/s1. The highest BCUT2D eigenvalue weighted by molar-refractivity contribution is 5.90. The average Bonchev–Trinajstić information content (AvgIpc) is 2.25. The zero-order valence-electron chi connectivity index (χ0n) is 9.49. The van der Waals surface area contributed by atoms with E-state index in [2.05, 4.69) is 38.1 Å². The Morgan fingerprint density at radius 2 is 1.93 bits per heavy atom. The number of ketones is 1. The van der Waals surface area contributed by atoms with Crippen LogP contribution in [0.3, 0.4) is 0 Å². The van der Waals surface area contributed by atoms with Crippen molar-refractivity contribution in [1.29, 1.82) is 0 Å². The van der Waals surface area contributed by atoms with Gasteiger partial charge in [-0.2, -0.15) is 0 Å². The third-order valence-electron chi connectivity index (χ3n) is 3.80. The van der Waals surface area contributed by atoms with Crippen LogP contribution in [0.2, 0.25) is 0 Å². The van der Waals surface area contributed by atoms with Crippen molar-refractivity contribution >= 4 is 5.78 Å². The van der Waals surface area contributed by atoms with Gasteiger partial charge in [0.1, 0.15) is 5.78 Å². The van der Waals surface area contributed by atoms with Crippen molar-refractivity contribution in [3.63, 3.8) is 0 Å². The second-order valence-electron chi connectivity index (χ2n) is 5.07. The smallest absolute Gasteiger partial charge is 0.139 e. The minimum absolute atomic E-state index is 0.0607. The summed E-state index contributed by atoms with van der Waals surface area (Å²) >= 11 is 0. The van der Waals surface area contributed by atoms with Crippen LogP contribution in [0.4, 0.5) is 0 Å². The van der Waals surface area contributed by atoms with E-state index in [9.17, 15) is 4.79 Å². The lowest BCUT2D eigenvalue weighted by Crippen LogP contribution is -2.45. The second-order valence-corrected chi connectivity index (χ2v) is 5.07. The molecule has 1 atom stereocenters. The first kappa shape index (κ1) is 10.4. The molecule has 0 heterocycles. The van der Waals surface area contributed by atoms with E-state index in [0.717, 1.165) is 19.3 Å². The molecule has 1 saturated carbocycles. The van der Waals surface area contributed by atoms with E-state index in [0.29, 0.717) is 11.7 Å². The van der Waals surface area contributed by atoms with Crippen molar-refractivity contribution in [2.45, 2.75) is 33.1 Å². The summed E-state index contributed by atoms with van der Waals surface area (Å²) in [6.45, 7) is 4.16. The summed E-state index contributed by atoms with van der Waals surface area (Å²) in [5.74, 6) is 1.02. The summed E-state index contributed by atoms with van der Waals surface area (Å²) in [4.78, 5) is 11.4. The first-order valence-electron chi connectivity index (χ1n) is 5.68. The Morgan fingerprint density at radius 1 is 1.27 bits per heavy atom. The summed E-state index contributed by atoms with van der Waals surface area (Å²) in [7, 11) is 0. The van der Waals surface area contributed by atoms with E-state index in [-0.39, 0.29) is 5.41 Å². The molecule has 0 aromatic heterocycles. The van der Waals surface area contributed by atoms with Gasteiger partial charge >= 0.3 is 0 Å². The second kappa shape index (κ2) is 3.80. The number of hydrogen-bond acceptors (Lipinski definition) is 1. The maximum absolute atomic E-state index is 11.4. The molecule has 1 nitrogen and oxygen atoms in total. The SMILES string of the molecule is CC1(C)C(=O)C[C@@H]1CCc1ccccc1. The molecule has 0 bridgehead atoms. The third kappa shape index (κ3) is 1.97. The minimum atomic E-state index is -0.0607. The maximum atomic E-state index is 11.4. The van der Waals surface area contributed by atoms with Crippen LogP contribution in [-0.4, -0.2) is 5.78 Å². The van der Waals surface area contributed by atoms with Gasteiger partial charge in [0.15, 0.2) is 0 Å². The van der Waals surface area contributed by atoms with E-state index < -0.39 is 0 Å². The van der Waals surface area contributed by atoms with Crippen molar-refractivity contribution in [1.82, 2.24) is 0 Å². The molecule has 0 saturated heterocycles. The van der Waals surface area contributed by atoms with Crippen LogP contribution in [-0.2, 0) is 11.2 Å². The highest BCUT2D eigenvalue weighted by atomic mass is 16.1. The lowest BCUT2D eigenvalue weighted by atomic mass is 9.60. The molecule has 0 aliphatic heterocycles. The lowest BCUT2D eigenvalue weighted by Gasteiger charge is -2.42. The Hall–Kier alpha value is -1.11. The average molecular weight is 202 g/mol. The first-order valence-corrected chi connectivity index (χ1v) is 5.68. The van der Waals surface area contributed by atoms with E-state index in [4.69, 9.17) is 0 Å². The highest BCUT2D eigenvalue weighted by Crippen LogP contribution is 2.44. The zero-order valence-corrected chi connectivity index (χ0v) is 9.49. The summed E-state index contributed by atoms with van der Waals surface area (Å²) in [5.41, 5.74) is 1.32. The van der Waals surface area contributed by atoms with Crippen LogP contribution < -0.4 is 0 Å². The van der Waals surface area contributed by atoms with Gasteiger partial charge in [-0.3, -0.25) is 4.79 Å². The number of aryl methyl sites for hydroxylation is 1. The van der Waals surface area contributed by atoms with Crippen LogP contribution in [0.5, 0.6) is 0 Å². The molecular weight excluding hydrogens is 184 g/mol. The Balaban J connectivity index is 1.88. The predicted molar refractivity (Wildman–Crippen MR) is 61.7 cm³/mol. The molecule has 1 heteroatoms. The predicted octanol–water partition coefficient (Wildman–Crippen LogP) is 3.23. The molecule has 1 fully saturated rings. The van der Waals surface area contributed by atoms with Crippen molar-refractivity contribution in [2.24, 2.45) is 11.3 Å². The van der Waals surface area contributed by atoms with E-state index in [1.807, 2.05) is 6.07 Å². The molecule has 80 valence electrons. The fraction of sp³-hybridized carbons (Fsp3) is 0.500. The molecule has 0 amide bonds. The Morgan fingerprint density at radius 3 is 2.47 bits per heavy atom. The largest absolute Gasteiger partial charge is 0.299 e. The number of rotatable bonds is 3. The lowest BCUT2D eigenvalue weighted by molar-refractivity contribution is -0.142. The van der Waals surface area contributed by atoms with Gasteiger partial charge in [-0.25, -0.2) is 0 Å². The molecule has 1 aliphatic carbocycles. The molecule has 2 rings (SSSR count). The minimum Gasteiger partial charge on any atom is -0.299 e. The van der Waals surface area contributed by atoms with Gasteiger partial charge in [-0.1, -0.05) is 44.2 Å². The number of hydrogen-bond donors (Lipinski definition) is 0. The van der Waals surface area contributed by atoms with E-state index >= 15 is 0 Å². The summed E-state index contributed by atoms with van der Waals surface area (Å²) in [6, 6.07) is 10.5. The number of benzene rings is 1. The number of carbonyl (C=O) groups is 1. The third-order valence-corrected chi connectivity index (χ3v) is 3.80. The van der Waals surface area contributed by atoms with Crippen LogP contribution in [0.15, 0.2) is 30.3 Å². The molecule has 0 spiro atoms. The van der Waals surface area contributed by atoms with Crippen molar-refractivity contribution in [2.75, 3.05) is 0 Å². The molecule has 1 aliphatic rings. The molecule has 1 aromatic rings. The van der Waals surface area contributed by atoms with Gasteiger partial charge in [0.2, 0.25) is 0 Å². The summed E-state index contributed by atoms with van der Waals surface area (Å²) in [5, 5.41) is 0. The Labute approximate surface area is 91.5 Å². The van der Waals surface area contributed by atoms with Crippen molar-refractivity contribution in [3.8, 4) is 0 Å². The molecular formula is C14H18O.